The Bertz CT molecular complexity index is 542. The first-order valence-electron chi connectivity index (χ1n) is 8.72. The van der Waals surface area contributed by atoms with Gasteiger partial charge >= 0.3 is 0 Å². The standard InChI is InChI=1S/C18H27N3O4/c1-2-25-16-5-3-15(4-6-16)13-17(22)20-14-18(23)19-7-8-21-9-11-24-12-10-21/h3-6H,2,7-14H2,1H3,(H,19,23)(H,20,22). The fraction of sp³-hybridized carbons (Fsp3) is 0.556. The molecule has 0 bridgehead atoms. The molecule has 1 aromatic carbocycles. The summed E-state index contributed by atoms with van der Waals surface area (Å²) < 4.78 is 10.6. The van der Waals surface area contributed by atoms with Crippen LogP contribution in [0.4, 0.5) is 0 Å². The first-order chi connectivity index (χ1) is 12.2. The van der Waals surface area contributed by atoms with Crippen molar-refractivity contribution in [2.75, 3.05) is 52.5 Å². The number of hydrogen-bond donors (Lipinski definition) is 2. The van der Waals surface area contributed by atoms with Gasteiger partial charge in [-0.15, -0.1) is 0 Å². The molecule has 7 nitrogen and oxygen atoms in total. The van der Waals surface area contributed by atoms with E-state index in [1.54, 1.807) is 0 Å². The van der Waals surface area contributed by atoms with E-state index in [1.165, 1.54) is 0 Å². The van der Waals surface area contributed by atoms with Crippen molar-refractivity contribution in [1.82, 2.24) is 15.5 Å². The van der Waals surface area contributed by atoms with Crippen LogP contribution in [0, 0.1) is 0 Å². The second-order valence-electron chi connectivity index (χ2n) is 5.83. The first-order valence-corrected chi connectivity index (χ1v) is 8.72. The van der Waals surface area contributed by atoms with E-state index in [1.807, 2.05) is 31.2 Å². The summed E-state index contributed by atoms with van der Waals surface area (Å²) >= 11 is 0. The SMILES string of the molecule is CCOc1ccc(CC(=O)NCC(=O)NCCN2CCOCC2)cc1. The van der Waals surface area contributed by atoms with Crippen molar-refractivity contribution in [2.45, 2.75) is 13.3 Å². The van der Waals surface area contributed by atoms with Gasteiger partial charge in [0.1, 0.15) is 5.75 Å². The highest BCUT2D eigenvalue weighted by atomic mass is 16.5. The summed E-state index contributed by atoms with van der Waals surface area (Å²) in [4.78, 5) is 25.9. The highest BCUT2D eigenvalue weighted by Gasteiger charge is 2.11. The molecule has 0 aliphatic carbocycles. The van der Waals surface area contributed by atoms with Crippen molar-refractivity contribution in [3.05, 3.63) is 29.8 Å². The summed E-state index contributed by atoms with van der Waals surface area (Å²) in [5.74, 6) is 0.437. The first kappa shape index (κ1) is 19.2. The fourth-order valence-electron chi connectivity index (χ4n) is 2.54. The minimum Gasteiger partial charge on any atom is -0.494 e. The van der Waals surface area contributed by atoms with E-state index in [0.717, 1.165) is 44.2 Å². The Balaban J connectivity index is 1.59. The lowest BCUT2D eigenvalue weighted by molar-refractivity contribution is -0.125. The third-order valence-electron chi connectivity index (χ3n) is 3.90. The third kappa shape index (κ3) is 7.53. The van der Waals surface area contributed by atoms with Gasteiger partial charge in [-0.2, -0.15) is 0 Å². The average molecular weight is 349 g/mol. The molecule has 25 heavy (non-hydrogen) atoms. The van der Waals surface area contributed by atoms with Crippen LogP contribution in [-0.4, -0.2) is 69.3 Å². The van der Waals surface area contributed by atoms with Crippen LogP contribution in [0.15, 0.2) is 24.3 Å². The molecule has 1 heterocycles. The minimum absolute atomic E-state index is 0.00102. The number of ether oxygens (including phenoxy) is 2. The quantitative estimate of drug-likeness (QED) is 0.665. The summed E-state index contributed by atoms with van der Waals surface area (Å²) in [5.41, 5.74) is 0.883. The summed E-state index contributed by atoms with van der Waals surface area (Å²) in [6, 6.07) is 7.38. The molecule has 2 rings (SSSR count). The van der Waals surface area contributed by atoms with Crippen molar-refractivity contribution < 1.29 is 19.1 Å². The molecule has 1 aliphatic heterocycles. The highest BCUT2D eigenvalue weighted by molar-refractivity contribution is 5.85. The van der Waals surface area contributed by atoms with Crippen molar-refractivity contribution in [3.63, 3.8) is 0 Å². The number of carbonyl (C=O) groups is 2. The van der Waals surface area contributed by atoms with E-state index in [2.05, 4.69) is 15.5 Å². The molecule has 1 aromatic rings. The Labute approximate surface area is 148 Å². The molecular formula is C18H27N3O4. The topological polar surface area (TPSA) is 79.9 Å². The van der Waals surface area contributed by atoms with Crippen LogP contribution in [0.5, 0.6) is 5.75 Å². The second-order valence-corrected chi connectivity index (χ2v) is 5.83. The molecule has 1 fully saturated rings. The Kier molecular flexibility index (Phi) is 8.21. The van der Waals surface area contributed by atoms with Gasteiger partial charge < -0.3 is 20.1 Å². The monoisotopic (exact) mass is 349 g/mol. The van der Waals surface area contributed by atoms with Crippen LogP contribution in [0.3, 0.4) is 0 Å². The predicted molar refractivity (Wildman–Crippen MR) is 94.6 cm³/mol. The number of morpholine rings is 1. The van der Waals surface area contributed by atoms with E-state index in [9.17, 15) is 9.59 Å². The maximum absolute atomic E-state index is 11.9. The van der Waals surface area contributed by atoms with Gasteiger partial charge in [-0.3, -0.25) is 14.5 Å². The maximum Gasteiger partial charge on any atom is 0.239 e. The third-order valence-corrected chi connectivity index (χ3v) is 3.90. The van der Waals surface area contributed by atoms with Crippen LogP contribution >= 0.6 is 0 Å². The molecule has 0 saturated carbocycles. The molecule has 2 N–H and O–H groups in total. The molecule has 0 atom stereocenters. The zero-order chi connectivity index (χ0) is 17.9. The largest absolute Gasteiger partial charge is 0.494 e. The van der Waals surface area contributed by atoms with Crippen molar-refractivity contribution in [1.29, 1.82) is 0 Å². The summed E-state index contributed by atoms with van der Waals surface area (Å²) in [7, 11) is 0. The molecule has 0 spiro atoms. The Morgan fingerprint density at radius 2 is 1.84 bits per heavy atom. The number of nitrogens with one attached hydrogen (secondary N) is 2. The van der Waals surface area contributed by atoms with Crippen LogP contribution in [-0.2, 0) is 20.7 Å². The highest BCUT2D eigenvalue weighted by Crippen LogP contribution is 2.12. The molecule has 0 unspecified atom stereocenters. The Hall–Kier alpha value is -2.12. The zero-order valence-corrected chi connectivity index (χ0v) is 14.8. The fourth-order valence-corrected chi connectivity index (χ4v) is 2.54. The minimum atomic E-state index is -0.174. The molecule has 2 amide bonds. The number of rotatable bonds is 9. The number of carbonyl (C=O) groups excluding carboxylic acids is 2. The van der Waals surface area contributed by atoms with Crippen LogP contribution < -0.4 is 15.4 Å². The van der Waals surface area contributed by atoms with Gasteiger partial charge in [0.05, 0.1) is 32.8 Å². The molecule has 1 saturated heterocycles. The van der Waals surface area contributed by atoms with Crippen LogP contribution in [0.25, 0.3) is 0 Å². The van der Waals surface area contributed by atoms with Crippen molar-refractivity contribution in [2.24, 2.45) is 0 Å². The normalized spacial score (nSPS) is 14.8. The van der Waals surface area contributed by atoms with Gasteiger partial charge in [0, 0.05) is 26.2 Å². The van der Waals surface area contributed by atoms with Gasteiger partial charge in [-0.25, -0.2) is 0 Å². The second kappa shape index (κ2) is 10.7. The number of amides is 2. The van der Waals surface area contributed by atoms with Crippen LogP contribution in [0.2, 0.25) is 0 Å². The predicted octanol–water partition coefficient (Wildman–Crippen LogP) is 0.192. The maximum atomic E-state index is 11.9. The Morgan fingerprint density at radius 3 is 2.52 bits per heavy atom. The molecule has 138 valence electrons. The lowest BCUT2D eigenvalue weighted by Gasteiger charge is -2.26. The molecule has 1 aliphatic rings. The van der Waals surface area contributed by atoms with Crippen molar-refractivity contribution in [3.8, 4) is 5.75 Å². The zero-order valence-electron chi connectivity index (χ0n) is 14.8. The average Bonchev–Trinajstić information content (AvgIpc) is 2.63. The van der Waals surface area contributed by atoms with E-state index in [-0.39, 0.29) is 24.8 Å². The number of benzene rings is 1. The summed E-state index contributed by atoms with van der Waals surface area (Å²) in [6.07, 6.45) is 0.244. The number of nitrogens with zero attached hydrogens (tertiary/aromatic N) is 1. The molecular weight excluding hydrogens is 322 g/mol. The van der Waals surface area contributed by atoms with Gasteiger partial charge in [0.2, 0.25) is 11.8 Å². The van der Waals surface area contributed by atoms with Gasteiger partial charge in [-0.05, 0) is 24.6 Å². The number of hydrogen-bond acceptors (Lipinski definition) is 5. The van der Waals surface area contributed by atoms with E-state index in [0.29, 0.717) is 13.2 Å². The van der Waals surface area contributed by atoms with Crippen LogP contribution in [0.1, 0.15) is 12.5 Å². The summed E-state index contributed by atoms with van der Waals surface area (Å²) in [6.45, 7) is 7.20. The summed E-state index contributed by atoms with van der Waals surface area (Å²) in [5, 5.41) is 5.46. The smallest absolute Gasteiger partial charge is 0.239 e. The lowest BCUT2D eigenvalue weighted by Crippen LogP contribution is -2.43. The van der Waals surface area contributed by atoms with Gasteiger partial charge in [-0.1, -0.05) is 12.1 Å². The molecule has 0 radical (unpaired) electrons. The Morgan fingerprint density at radius 1 is 1.12 bits per heavy atom. The van der Waals surface area contributed by atoms with Gasteiger partial charge in [0.25, 0.3) is 0 Å². The molecule has 0 aromatic heterocycles. The van der Waals surface area contributed by atoms with Gasteiger partial charge in [0.15, 0.2) is 0 Å². The lowest BCUT2D eigenvalue weighted by atomic mass is 10.1. The van der Waals surface area contributed by atoms with Crippen molar-refractivity contribution >= 4 is 11.8 Å². The molecule has 7 heteroatoms. The van der Waals surface area contributed by atoms with E-state index >= 15 is 0 Å². The van der Waals surface area contributed by atoms with E-state index < -0.39 is 0 Å². The van der Waals surface area contributed by atoms with E-state index in [4.69, 9.17) is 9.47 Å².